The first-order valence-electron chi connectivity index (χ1n) is 7.37. The molecule has 0 saturated carbocycles. The molecule has 0 fully saturated rings. The van der Waals surface area contributed by atoms with E-state index >= 15 is 0 Å². The molecule has 7 nitrogen and oxygen atoms in total. The van der Waals surface area contributed by atoms with Crippen LogP contribution < -0.4 is 5.32 Å². The monoisotopic (exact) mass is 360 g/mol. The van der Waals surface area contributed by atoms with Crippen LogP contribution in [0.15, 0.2) is 42.5 Å². The second kappa shape index (κ2) is 6.18. The fourth-order valence-electron chi connectivity index (χ4n) is 2.64. The molecular formula is C17H13ClN2O5. The summed E-state index contributed by atoms with van der Waals surface area (Å²) in [6, 6.07) is 10.6. The first-order valence-corrected chi connectivity index (χ1v) is 7.74. The Labute approximate surface area is 147 Å². The molecule has 1 aliphatic heterocycles. The highest BCUT2D eigenvalue weighted by atomic mass is 35.5. The second-order valence-corrected chi connectivity index (χ2v) is 6.24. The fourth-order valence-corrected chi connectivity index (χ4v) is 2.80. The number of cyclic esters (lactones) is 1. The predicted molar refractivity (Wildman–Crippen MR) is 90.7 cm³/mol. The van der Waals surface area contributed by atoms with Crippen LogP contribution in [-0.4, -0.2) is 22.4 Å². The Hall–Kier alpha value is -2.93. The number of anilines is 1. The van der Waals surface area contributed by atoms with Crippen molar-refractivity contribution in [1.29, 1.82) is 0 Å². The molecule has 2 aromatic carbocycles. The van der Waals surface area contributed by atoms with Gasteiger partial charge in [-0.15, -0.1) is 0 Å². The van der Waals surface area contributed by atoms with E-state index < -0.39 is 22.4 Å². The van der Waals surface area contributed by atoms with Crippen molar-refractivity contribution in [3.63, 3.8) is 0 Å². The van der Waals surface area contributed by atoms with Gasteiger partial charge in [0.1, 0.15) is 0 Å². The van der Waals surface area contributed by atoms with Gasteiger partial charge >= 0.3 is 5.97 Å². The lowest BCUT2D eigenvalue weighted by Gasteiger charge is -2.33. The van der Waals surface area contributed by atoms with Crippen LogP contribution in [-0.2, 0) is 16.0 Å². The van der Waals surface area contributed by atoms with Gasteiger partial charge in [-0.1, -0.05) is 29.8 Å². The molecule has 0 radical (unpaired) electrons. The summed E-state index contributed by atoms with van der Waals surface area (Å²) in [6.45, 7) is 1.49. The molecule has 1 unspecified atom stereocenters. The zero-order valence-corrected chi connectivity index (χ0v) is 13.9. The van der Waals surface area contributed by atoms with E-state index in [0.29, 0.717) is 11.1 Å². The lowest BCUT2D eigenvalue weighted by molar-refractivity contribution is -0.384. The standard InChI is InChI=1S/C17H13ClN2O5/c1-17(9-10-4-2-3-5-12(10)15(21)25-17)16(22)19-14-8-11(20(23)24)6-7-13(14)18/h2-8H,9H2,1H3,(H,19,22). The van der Waals surface area contributed by atoms with Gasteiger partial charge in [0.2, 0.25) is 0 Å². The van der Waals surface area contributed by atoms with Gasteiger partial charge in [0.15, 0.2) is 5.60 Å². The van der Waals surface area contributed by atoms with Gasteiger partial charge in [-0.05, 0) is 24.6 Å². The number of carbonyl (C=O) groups is 2. The molecule has 3 rings (SSSR count). The number of benzene rings is 2. The van der Waals surface area contributed by atoms with Gasteiger partial charge in [0.25, 0.3) is 11.6 Å². The Balaban J connectivity index is 1.88. The Morgan fingerprint density at radius 2 is 2.04 bits per heavy atom. The van der Waals surface area contributed by atoms with Gasteiger partial charge < -0.3 is 10.1 Å². The minimum atomic E-state index is -1.45. The normalized spacial score (nSPS) is 18.9. The average molecular weight is 361 g/mol. The summed E-state index contributed by atoms with van der Waals surface area (Å²) >= 11 is 5.99. The Bertz CT molecular complexity index is 898. The number of esters is 1. The molecule has 1 amide bonds. The van der Waals surface area contributed by atoms with Gasteiger partial charge in [-0.25, -0.2) is 4.79 Å². The van der Waals surface area contributed by atoms with Crippen molar-refractivity contribution in [3.05, 3.63) is 68.7 Å². The summed E-state index contributed by atoms with van der Waals surface area (Å²) in [7, 11) is 0. The van der Waals surface area contributed by atoms with Crippen molar-refractivity contribution in [1.82, 2.24) is 0 Å². The maximum atomic E-state index is 12.7. The predicted octanol–water partition coefficient (Wildman–Crippen LogP) is 3.36. The SMILES string of the molecule is CC1(C(=O)Nc2cc([N+](=O)[O-])ccc2Cl)Cc2ccccc2C(=O)O1. The Kier molecular flexibility index (Phi) is 4.18. The number of nitrogens with one attached hydrogen (secondary N) is 1. The summed E-state index contributed by atoms with van der Waals surface area (Å²) in [5, 5.41) is 13.5. The highest BCUT2D eigenvalue weighted by molar-refractivity contribution is 6.33. The minimum absolute atomic E-state index is 0.0806. The van der Waals surface area contributed by atoms with E-state index in [9.17, 15) is 19.7 Å². The molecule has 128 valence electrons. The quantitative estimate of drug-likeness (QED) is 0.514. The van der Waals surface area contributed by atoms with E-state index in [4.69, 9.17) is 16.3 Å². The third-order valence-corrected chi connectivity index (χ3v) is 4.30. The molecule has 1 aliphatic rings. The van der Waals surface area contributed by atoms with Crippen LogP contribution in [0.4, 0.5) is 11.4 Å². The van der Waals surface area contributed by atoms with E-state index in [1.54, 1.807) is 24.3 Å². The zero-order valence-electron chi connectivity index (χ0n) is 13.1. The molecule has 1 heterocycles. The number of non-ortho nitro benzene ring substituents is 1. The van der Waals surface area contributed by atoms with Crippen LogP contribution >= 0.6 is 11.6 Å². The molecule has 0 bridgehead atoms. The molecule has 0 spiro atoms. The molecule has 25 heavy (non-hydrogen) atoms. The van der Waals surface area contributed by atoms with Gasteiger partial charge in [0.05, 0.1) is 21.2 Å². The number of hydrogen-bond donors (Lipinski definition) is 1. The number of fused-ring (bicyclic) bond motifs is 1. The molecule has 0 aliphatic carbocycles. The topological polar surface area (TPSA) is 98.5 Å². The number of hydrogen-bond acceptors (Lipinski definition) is 5. The molecule has 0 aromatic heterocycles. The number of nitro groups is 1. The van der Waals surface area contributed by atoms with Crippen LogP contribution in [0.2, 0.25) is 5.02 Å². The van der Waals surface area contributed by atoms with Crippen LogP contribution in [0.3, 0.4) is 0 Å². The number of amides is 1. The molecule has 1 N–H and O–H groups in total. The third kappa shape index (κ3) is 3.18. The van der Waals surface area contributed by atoms with Crippen molar-refractivity contribution in [2.45, 2.75) is 18.9 Å². The lowest BCUT2D eigenvalue weighted by atomic mass is 9.89. The van der Waals surface area contributed by atoms with Crippen LogP contribution in [0.25, 0.3) is 0 Å². The Morgan fingerprint density at radius 3 is 2.76 bits per heavy atom. The molecule has 0 saturated heterocycles. The smallest absolute Gasteiger partial charge is 0.339 e. The van der Waals surface area contributed by atoms with Crippen LogP contribution in [0.5, 0.6) is 0 Å². The summed E-state index contributed by atoms with van der Waals surface area (Å²) in [5.41, 5.74) is -0.463. The van der Waals surface area contributed by atoms with Crippen LogP contribution in [0, 0.1) is 10.1 Å². The fraction of sp³-hybridized carbons (Fsp3) is 0.176. The summed E-state index contributed by atoms with van der Waals surface area (Å²) in [6.07, 6.45) is 0.188. The van der Waals surface area contributed by atoms with Gasteiger partial charge in [0, 0.05) is 18.6 Å². The zero-order chi connectivity index (χ0) is 18.2. The summed E-state index contributed by atoms with van der Waals surface area (Å²) in [5.74, 6) is -1.21. The summed E-state index contributed by atoms with van der Waals surface area (Å²) in [4.78, 5) is 35.1. The van der Waals surface area contributed by atoms with Crippen molar-refractivity contribution < 1.29 is 19.2 Å². The lowest BCUT2D eigenvalue weighted by Crippen LogP contribution is -2.48. The van der Waals surface area contributed by atoms with Gasteiger partial charge in [-0.2, -0.15) is 0 Å². The van der Waals surface area contributed by atoms with E-state index in [-0.39, 0.29) is 22.8 Å². The van der Waals surface area contributed by atoms with Crippen molar-refractivity contribution in [2.24, 2.45) is 0 Å². The first kappa shape index (κ1) is 16.9. The van der Waals surface area contributed by atoms with E-state index in [0.717, 1.165) is 6.07 Å². The molecule has 1 atom stereocenters. The molecule has 2 aromatic rings. The largest absolute Gasteiger partial charge is 0.445 e. The number of rotatable bonds is 3. The average Bonchev–Trinajstić information content (AvgIpc) is 2.56. The number of halogens is 1. The third-order valence-electron chi connectivity index (χ3n) is 3.97. The summed E-state index contributed by atoms with van der Waals surface area (Å²) < 4.78 is 5.32. The first-order chi connectivity index (χ1) is 11.8. The van der Waals surface area contributed by atoms with Crippen molar-refractivity contribution in [3.8, 4) is 0 Å². The number of ether oxygens (including phenoxy) is 1. The van der Waals surface area contributed by atoms with E-state index in [1.807, 2.05) is 0 Å². The van der Waals surface area contributed by atoms with Gasteiger partial charge in [-0.3, -0.25) is 14.9 Å². The molecule has 8 heteroatoms. The Morgan fingerprint density at radius 1 is 1.32 bits per heavy atom. The second-order valence-electron chi connectivity index (χ2n) is 5.83. The van der Waals surface area contributed by atoms with E-state index in [2.05, 4.69) is 5.32 Å². The number of carbonyl (C=O) groups excluding carboxylic acids is 2. The highest BCUT2D eigenvalue weighted by Gasteiger charge is 2.42. The molecular weight excluding hydrogens is 348 g/mol. The van der Waals surface area contributed by atoms with Crippen molar-refractivity contribution >= 4 is 34.9 Å². The van der Waals surface area contributed by atoms with E-state index in [1.165, 1.54) is 19.1 Å². The number of nitro benzene ring substituents is 1. The maximum Gasteiger partial charge on any atom is 0.339 e. The highest BCUT2D eigenvalue weighted by Crippen LogP contribution is 2.31. The van der Waals surface area contributed by atoms with Crippen LogP contribution in [0.1, 0.15) is 22.8 Å². The van der Waals surface area contributed by atoms with Crippen molar-refractivity contribution in [2.75, 3.05) is 5.32 Å². The number of nitrogens with zero attached hydrogens (tertiary/aromatic N) is 1. The maximum absolute atomic E-state index is 12.7. The minimum Gasteiger partial charge on any atom is -0.445 e.